The van der Waals surface area contributed by atoms with Crippen molar-refractivity contribution in [3.8, 4) is 17.2 Å². The largest absolute Gasteiger partial charge is 0.496 e. The summed E-state index contributed by atoms with van der Waals surface area (Å²) in [4.78, 5) is 24.2. The highest BCUT2D eigenvalue weighted by Gasteiger charge is 2.11. The molecule has 0 aliphatic carbocycles. The molecule has 9 heteroatoms. The van der Waals surface area contributed by atoms with E-state index in [4.69, 9.17) is 26.4 Å². The summed E-state index contributed by atoms with van der Waals surface area (Å²) >= 11 is 5.00. The molecule has 0 heterocycles. The van der Waals surface area contributed by atoms with Crippen molar-refractivity contribution in [1.29, 1.82) is 0 Å². The third-order valence-electron chi connectivity index (χ3n) is 3.71. The number of amides is 2. The number of hydrogen-bond donors (Lipinski definition) is 3. The first-order valence-electron chi connectivity index (χ1n) is 8.43. The van der Waals surface area contributed by atoms with Gasteiger partial charge in [-0.3, -0.25) is 25.8 Å². The Morgan fingerprint density at radius 1 is 0.897 bits per heavy atom. The zero-order valence-corrected chi connectivity index (χ0v) is 17.0. The van der Waals surface area contributed by atoms with Gasteiger partial charge in [-0.1, -0.05) is 18.2 Å². The van der Waals surface area contributed by atoms with Crippen molar-refractivity contribution in [2.45, 2.75) is 0 Å². The van der Waals surface area contributed by atoms with E-state index in [2.05, 4.69) is 16.2 Å². The Hall–Kier alpha value is -3.59. The van der Waals surface area contributed by atoms with E-state index in [1.165, 1.54) is 20.3 Å². The molecule has 152 valence electrons. The molecule has 0 atom stereocenters. The fourth-order valence-electron chi connectivity index (χ4n) is 2.33. The second-order valence-electron chi connectivity index (χ2n) is 5.55. The number of benzene rings is 2. The van der Waals surface area contributed by atoms with E-state index in [-0.39, 0.29) is 5.11 Å². The lowest BCUT2D eigenvalue weighted by atomic mass is 10.2. The summed E-state index contributed by atoms with van der Waals surface area (Å²) in [5.41, 5.74) is 5.93. The van der Waals surface area contributed by atoms with Crippen LogP contribution < -0.4 is 30.4 Å². The monoisotopic (exact) mass is 415 g/mol. The maximum Gasteiger partial charge on any atom is 0.273 e. The van der Waals surface area contributed by atoms with E-state index in [1.807, 2.05) is 0 Å². The van der Waals surface area contributed by atoms with Gasteiger partial charge in [-0.2, -0.15) is 0 Å². The topological polar surface area (TPSA) is 97.9 Å². The van der Waals surface area contributed by atoms with Crippen molar-refractivity contribution in [3.05, 3.63) is 59.7 Å². The Morgan fingerprint density at radius 3 is 2.28 bits per heavy atom. The predicted molar refractivity (Wildman–Crippen MR) is 113 cm³/mol. The number of para-hydroxylation sites is 1. The molecular weight excluding hydrogens is 394 g/mol. The Morgan fingerprint density at radius 2 is 1.59 bits per heavy atom. The number of ether oxygens (including phenoxy) is 3. The molecule has 3 N–H and O–H groups in total. The Kier molecular flexibility index (Phi) is 7.99. The van der Waals surface area contributed by atoms with E-state index in [0.29, 0.717) is 22.8 Å². The van der Waals surface area contributed by atoms with Crippen LogP contribution >= 0.6 is 12.2 Å². The molecule has 8 nitrogen and oxygen atoms in total. The number of thiocarbonyl (C=S) groups is 1. The minimum Gasteiger partial charge on any atom is -0.496 e. The Bertz CT molecular complexity index is 930. The lowest BCUT2D eigenvalue weighted by Crippen LogP contribution is -2.48. The third-order valence-corrected chi connectivity index (χ3v) is 3.92. The van der Waals surface area contributed by atoms with Crippen molar-refractivity contribution in [3.63, 3.8) is 0 Å². The van der Waals surface area contributed by atoms with Gasteiger partial charge in [0.05, 0.1) is 26.9 Å². The number of rotatable bonds is 6. The van der Waals surface area contributed by atoms with Crippen molar-refractivity contribution < 1.29 is 23.8 Å². The first-order chi connectivity index (χ1) is 14.0. The molecule has 0 spiro atoms. The zero-order chi connectivity index (χ0) is 21.2. The Labute approximate surface area is 173 Å². The van der Waals surface area contributed by atoms with Gasteiger partial charge in [0.1, 0.15) is 5.75 Å². The third kappa shape index (κ3) is 6.22. The number of nitrogens with one attached hydrogen (secondary N) is 3. The maximum absolute atomic E-state index is 12.2. The minimum absolute atomic E-state index is 0.0600. The second-order valence-corrected chi connectivity index (χ2v) is 5.95. The summed E-state index contributed by atoms with van der Waals surface area (Å²) in [6, 6.07) is 11.9. The average Bonchev–Trinajstić information content (AvgIpc) is 2.75. The van der Waals surface area contributed by atoms with Gasteiger partial charge in [-0.05, 0) is 48.1 Å². The van der Waals surface area contributed by atoms with E-state index in [0.717, 1.165) is 5.56 Å². The first-order valence-corrected chi connectivity index (χ1v) is 8.83. The van der Waals surface area contributed by atoms with Crippen LogP contribution in [0.4, 0.5) is 0 Å². The molecule has 0 aliphatic heterocycles. The van der Waals surface area contributed by atoms with Gasteiger partial charge in [0.15, 0.2) is 16.6 Å². The van der Waals surface area contributed by atoms with Gasteiger partial charge in [-0.15, -0.1) is 0 Å². The van der Waals surface area contributed by atoms with Crippen LogP contribution in [0.1, 0.15) is 15.9 Å². The first kappa shape index (κ1) is 21.7. The van der Waals surface area contributed by atoms with Gasteiger partial charge in [0, 0.05) is 6.08 Å². The summed E-state index contributed by atoms with van der Waals surface area (Å²) < 4.78 is 15.5. The molecule has 0 fully saturated rings. The molecular formula is C20H21N3O5S. The van der Waals surface area contributed by atoms with Crippen LogP contribution in [-0.4, -0.2) is 38.3 Å². The second kappa shape index (κ2) is 10.7. The fraction of sp³-hybridized carbons (Fsp3) is 0.150. The highest BCUT2D eigenvalue weighted by Crippen LogP contribution is 2.27. The lowest BCUT2D eigenvalue weighted by molar-refractivity contribution is -0.115. The number of hydrazine groups is 1. The normalized spacial score (nSPS) is 10.2. The minimum atomic E-state index is -0.469. The predicted octanol–water partition coefficient (Wildman–Crippen LogP) is 2.06. The van der Waals surface area contributed by atoms with Gasteiger partial charge in [0.25, 0.3) is 5.91 Å². The lowest BCUT2D eigenvalue weighted by Gasteiger charge is -2.11. The van der Waals surface area contributed by atoms with Crippen LogP contribution in [0.2, 0.25) is 0 Å². The van der Waals surface area contributed by atoms with Gasteiger partial charge in [-0.25, -0.2) is 0 Å². The van der Waals surface area contributed by atoms with E-state index < -0.39 is 11.8 Å². The summed E-state index contributed by atoms with van der Waals surface area (Å²) in [6.45, 7) is 0. The fourth-order valence-corrected chi connectivity index (χ4v) is 2.48. The maximum atomic E-state index is 12.2. The molecule has 0 bridgehead atoms. The standard InChI is InChI=1S/C20H21N3O5S/c1-26-15-7-5-4-6-14(15)19(25)22-23-20(29)21-18(24)11-9-13-8-10-16(27-2)17(12-13)28-3/h4-12H,1-3H3,(H,22,25)(H2,21,23,24,29). The summed E-state index contributed by atoms with van der Waals surface area (Å²) in [5.74, 6) is 0.625. The van der Waals surface area contributed by atoms with E-state index in [9.17, 15) is 9.59 Å². The summed E-state index contributed by atoms with van der Waals surface area (Å²) in [7, 11) is 4.54. The van der Waals surface area contributed by atoms with E-state index >= 15 is 0 Å². The molecule has 0 radical (unpaired) electrons. The van der Waals surface area contributed by atoms with Gasteiger partial charge in [0.2, 0.25) is 5.91 Å². The molecule has 0 unspecified atom stereocenters. The smallest absolute Gasteiger partial charge is 0.273 e. The quantitative estimate of drug-likeness (QED) is 0.377. The molecule has 0 aromatic heterocycles. The Balaban J connectivity index is 1.88. The van der Waals surface area contributed by atoms with E-state index in [1.54, 1.807) is 55.7 Å². The van der Waals surface area contributed by atoms with Crippen LogP contribution in [-0.2, 0) is 4.79 Å². The van der Waals surface area contributed by atoms with Gasteiger partial charge < -0.3 is 14.2 Å². The number of methoxy groups -OCH3 is 3. The van der Waals surface area contributed by atoms with Crippen LogP contribution in [0.25, 0.3) is 6.08 Å². The van der Waals surface area contributed by atoms with Gasteiger partial charge >= 0.3 is 0 Å². The average molecular weight is 415 g/mol. The van der Waals surface area contributed by atoms with Crippen LogP contribution in [0.15, 0.2) is 48.5 Å². The molecule has 29 heavy (non-hydrogen) atoms. The molecule has 2 aromatic carbocycles. The van der Waals surface area contributed by atoms with Crippen molar-refractivity contribution in [2.75, 3.05) is 21.3 Å². The summed E-state index contributed by atoms with van der Waals surface area (Å²) in [5, 5.41) is 2.37. The molecule has 0 aliphatic rings. The summed E-state index contributed by atoms with van der Waals surface area (Å²) in [6.07, 6.45) is 2.89. The number of carbonyl (C=O) groups excluding carboxylic acids is 2. The van der Waals surface area contributed by atoms with Crippen molar-refractivity contribution in [2.24, 2.45) is 0 Å². The van der Waals surface area contributed by atoms with Crippen LogP contribution in [0, 0.1) is 0 Å². The molecule has 0 saturated carbocycles. The molecule has 0 saturated heterocycles. The molecule has 2 rings (SSSR count). The van der Waals surface area contributed by atoms with Crippen LogP contribution in [0.3, 0.4) is 0 Å². The highest BCUT2D eigenvalue weighted by atomic mass is 32.1. The highest BCUT2D eigenvalue weighted by molar-refractivity contribution is 7.80. The zero-order valence-electron chi connectivity index (χ0n) is 16.1. The van der Waals surface area contributed by atoms with Crippen molar-refractivity contribution in [1.82, 2.24) is 16.2 Å². The van der Waals surface area contributed by atoms with Crippen LogP contribution in [0.5, 0.6) is 17.2 Å². The molecule has 2 aromatic rings. The number of carbonyl (C=O) groups is 2. The molecule has 2 amide bonds. The van der Waals surface area contributed by atoms with Crippen molar-refractivity contribution >= 4 is 35.2 Å². The SMILES string of the molecule is COc1ccc(C=CC(=O)NC(=S)NNC(=O)c2ccccc2OC)cc1OC. The number of hydrogen-bond acceptors (Lipinski definition) is 6.